The van der Waals surface area contributed by atoms with Crippen LogP contribution in [0.15, 0.2) is 57.1 Å². The van der Waals surface area contributed by atoms with Gasteiger partial charge in [0, 0.05) is 23.9 Å². The quantitative estimate of drug-likeness (QED) is 0.528. The van der Waals surface area contributed by atoms with Crippen molar-refractivity contribution in [2.45, 2.75) is 13.0 Å². The maximum absolute atomic E-state index is 12.4. The number of nitrogens with zero attached hydrogens (tertiary/aromatic N) is 2. The molecular formula is C21H17N3O5S. The molecule has 0 saturated carbocycles. The van der Waals surface area contributed by atoms with Gasteiger partial charge in [-0.15, -0.1) is 11.3 Å². The molecule has 3 heterocycles. The first-order valence-corrected chi connectivity index (χ1v) is 10.3. The van der Waals surface area contributed by atoms with Gasteiger partial charge >= 0.3 is 5.76 Å². The van der Waals surface area contributed by atoms with E-state index in [4.69, 9.17) is 13.9 Å². The summed E-state index contributed by atoms with van der Waals surface area (Å²) in [7, 11) is 0. The summed E-state index contributed by atoms with van der Waals surface area (Å²) in [5.41, 5.74) is 2.80. The van der Waals surface area contributed by atoms with Gasteiger partial charge < -0.3 is 19.2 Å². The van der Waals surface area contributed by atoms with Crippen molar-refractivity contribution in [2.75, 3.05) is 18.5 Å². The average Bonchev–Trinajstić information content (AvgIpc) is 3.35. The first-order valence-electron chi connectivity index (χ1n) is 9.41. The van der Waals surface area contributed by atoms with E-state index in [-0.39, 0.29) is 18.9 Å². The Kier molecular flexibility index (Phi) is 4.72. The predicted molar refractivity (Wildman–Crippen MR) is 112 cm³/mol. The lowest BCUT2D eigenvalue weighted by molar-refractivity contribution is -0.116. The Balaban J connectivity index is 1.25. The predicted octanol–water partition coefficient (Wildman–Crippen LogP) is 3.52. The Labute approximate surface area is 174 Å². The first-order chi connectivity index (χ1) is 14.7. The van der Waals surface area contributed by atoms with E-state index in [0.29, 0.717) is 35.2 Å². The summed E-state index contributed by atoms with van der Waals surface area (Å²) in [6.45, 7) is 1.28. The largest absolute Gasteiger partial charge is 0.486 e. The van der Waals surface area contributed by atoms with Crippen LogP contribution in [0.2, 0.25) is 0 Å². The molecule has 0 radical (unpaired) electrons. The van der Waals surface area contributed by atoms with Crippen LogP contribution in [0.3, 0.4) is 0 Å². The molecule has 0 bridgehead atoms. The van der Waals surface area contributed by atoms with Crippen molar-refractivity contribution in [2.24, 2.45) is 0 Å². The molecule has 0 saturated heterocycles. The molecule has 0 fully saturated rings. The van der Waals surface area contributed by atoms with Crippen LogP contribution in [0.25, 0.3) is 22.4 Å². The minimum absolute atomic E-state index is 0.127. The van der Waals surface area contributed by atoms with Crippen LogP contribution < -0.4 is 20.5 Å². The molecule has 152 valence electrons. The zero-order chi connectivity index (χ0) is 20.5. The fraction of sp³-hybridized carbons (Fsp3) is 0.190. The zero-order valence-electron chi connectivity index (χ0n) is 15.8. The lowest BCUT2D eigenvalue weighted by Crippen LogP contribution is -2.19. The van der Waals surface area contributed by atoms with Gasteiger partial charge in [-0.25, -0.2) is 9.78 Å². The summed E-state index contributed by atoms with van der Waals surface area (Å²) in [4.78, 5) is 28.9. The van der Waals surface area contributed by atoms with E-state index < -0.39 is 5.76 Å². The number of fused-ring (bicyclic) bond motifs is 2. The smallest absolute Gasteiger partial charge is 0.419 e. The Morgan fingerprint density at radius 3 is 2.87 bits per heavy atom. The van der Waals surface area contributed by atoms with Crippen LogP contribution in [0.5, 0.6) is 11.5 Å². The molecule has 0 spiro atoms. The number of aromatic nitrogens is 2. The Morgan fingerprint density at radius 2 is 1.97 bits per heavy atom. The van der Waals surface area contributed by atoms with E-state index in [2.05, 4.69) is 10.3 Å². The summed E-state index contributed by atoms with van der Waals surface area (Å²) in [6, 6.07) is 12.8. The van der Waals surface area contributed by atoms with Crippen molar-refractivity contribution in [3.8, 4) is 22.8 Å². The van der Waals surface area contributed by atoms with Gasteiger partial charge in [0.15, 0.2) is 22.2 Å². The zero-order valence-corrected chi connectivity index (χ0v) is 16.6. The van der Waals surface area contributed by atoms with Crippen molar-refractivity contribution in [3.05, 3.63) is 58.4 Å². The highest BCUT2D eigenvalue weighted by molar-refractivity contribution is 7.14. The number of anilines is 1. The molecule has 1 aliphatic heterocycles. The molecule has 8 nitrogen and oxygen atoms in total. The highest BCUT2D eigenvalue weighted by atomic mass is 32.1. The number of amides is 1. The summed E-state index contributed by atoms with van der Waals surface area (Å²) in [6.07, 6.45) is 0.127. The molecule has 2 aromatic heterocycles. The number of hydrogen-bond acceptors (Lipinski definition) is 7. The number of carbonyl (C=O) groups is 1. The molecule has 5 rings (SSSR count). The van der Waals surface area contributed by atoms with Gasteiger partial charge in [0.25, 0.3) is 0 Å². The number of ether oxygens (including phenoxy) is 2. The van der Waals surface area contributed by atoms with Gasteiger partial charge in [-0.3, -0.25) is 9.36 Å². The van der Waals surface area contributed by atoms with Gasteiger partial charge in [0.05, 0.1) is 11.2 Å². The summed E-state index contributed by atoms with van der Waals surface area (Å²) < 4.78 is 17.8. The SMILES string of the molecule is O=C(CCn1c(=O)oc2ccccc21)Nc1nc(-c2ccc3c(c2)OCCO3)cs1. The summed E-state index contributed by atoms with van der Waals surface area (Å²) in [5, 5.41) is 5.16. The molecule has 0 atom stereocenters. The van der Waals surface area contributed by atoms with Crippen molar-refractivity contribution in [1.29, 1.82) is 0 Å². The number of aryl methyl sites for hydroxylation is 1. The number of oxazole rings is 1. The Morgan fingerprint density at radius 1 is 1.13 bits per heavy atom. The third-order valence-corrected chi connectivity index (χ3v) is 5.48. The highest BCUT2D eigenvalue weighted by Gasteiger charge is 2.15. The topological polar surface area (TPSA) is 95.6 Å². The van der Waals surface area contributed by atoms with Crippen molar-refractivity contribution < 1.29 is 18.7 Å². The van der Waals surface area contributed by atoms with Crippen molar-refractivity contribution in [1.82, 2.24) is 9.55 Å². The van der Waals surface area contributed by atoms with E-state index in [9.17, 15) is 9.59 Å². The van der Waals surface area contributed by atoms with E-state index >= 15 is 0 Å². The molecule has 2 aromatic carbocycles. The normalized spacial score (nSPS) is 12.8. The van der Waals surface area contributed by atoms with E-state index in [1.54, 1.807) is 18.2 Å². The fourth-order valence-corrected chi connectivity index (χ4v) is 4.02. The minimum Gasteiger partial charge on any atom is -0.486 e. The van der Waals surface area contributed by atoms with Gasteiger partial charge in [0.2, 0.25) is 5.91 Å². The van der Waals surface area contributed by atoms with Gasteiger partial charge in [-0.05, 0) is 30.3 Å². The van der Waals surface area contributed by atoms with E-state index in [0.717, 1.165) is 17.0 Å². The van der Waals surface area contributed by atoms with E-state index in [1.807, 2.05) is 29.6 Å². The number of thiazole rings is 1. The van der Waals surface area contributed by atoms with Crippen LogP contribution in [0, 0.1) is 0 Å². The molecule has 1 amide bonds. The summed E-state index contributed by atoms with van der Waals surface area (Å²) >= 11 is 1.34. The Hall–Kier alpha value is -3.59. The molecule has 0 aliphatic carbocycles. The second-order valence-electron chi connectivity index (χ2n) is 6.68. The van der Waals surface area contributed by atoms with Crippen LogP contribution in [0.1, 0.15) is 6.42 Å². The van der Waals surface area contributed by atoms with Gasteiger partial charge in [-0.2, -0.15) is 0 Å². The average molecular weight is 423 g/mol. The molecular weight excluding hydrogens is 406 g/mol. The van der Waals surface area contributed by atoms with E-state index in [1.165, 1.54) is 15.9 Å². The van der Waals surface area contributed by atoms with Crippen molar-refractivity contribution in [3.63, 3.8) is 0 Å². The second kappa shape index (κ2) is 7.68. The molecule has 1 aliphatic rings. The maximum Gasteiger partial charge on any atom is 0.419 e. The molecule has 1 N–H and O–H groups in total. The fourth-order valence-electron chi connectivity index (χ4n) is 3.29. The highest BCUT2D eigenvalue weighted by Crippen LogP contribution is 2.35. The van der Waals surface area contributed by atoms with Crippen LogP contribution >= 0.6 is 11.3 Å². The van der Waals surface area contributed by atoms with Gasteiger partial charge in [-0.1, -0.05) is 12.1 Å². The Bertz CT molecular complexity index is 1290. The van der Waals surface area contributed by atoms with Gasteiger partial charge in [0.1, 0.15) is 13.2 Å². The minimum atomic E-state index is -0.473. The third-order valence-electron chi connectivity index (χ3n) is 4.72. The maximum atomic E-state index is 12.4. The van der Waals surface area contributed by atoms with Crippen LogP contribution in [-0.2, 0) is 11.3 Å². The summed E-state index contributed by atoms with van der Waals surface area (Å²) in [5.74, 6) is 0.709. The lowest BCUT2D eigenvalue weighted by Gasteiger charge is -2.18. The second-order valence-corrected chi connectivity index (χ2v) is 7.54. The van der Waals surface area contributed by atoms with Crippen LogP contribution in [-0.4, -0.2) is 28.7 Å². The molecule has 30 heavy (non-hydrogen) atoms. The number of para-hydroxylation sites is 2. The molecule has 9 heteroatoms. The number of hydrogen-bond donors (Lipinski definition) is 1. The van der Waals surface area contributed by atoms with Crippen molar-refractivity contribution >= 4 is 33.5 Å². The molecule has 0 unspecified atom stereocenters. The third kappa shape index (κ3) is 3.55. The van der Waals surface area contributed by atoms with Crippen LogP contribution in [0.4, 0.5) is 5.13 Å². The number of carbonyl (C=O) groups excluding carboxylic acids is 1. The number of nitrogens with one attached hydrogen (secondary N) is 1. The first kappa shape index (κ1) is 18.4. The number of benzene rings is 2. The molecule has 4 aromatic rings. The number of rotatable bonds is 5. The lowest BCUT2D eigenvalue weighted by atomic mass is 10.1. The monoisotopic (exact) mass is 423 g/mol. The standard InChI is InChI=1S/C21H17N3O5S/c25-19(7-8-24-15-3-1-2-4-16(15)29-21(24)26)23-20-22-14(12-30-20)13-5-6-17-18(11-13)28-10-9-27-17/h1-6,11-12H,7-10H2,(H,22,23,25).